The first kappa shape index (κ1) is 12.0. The maximum Gasteiger partial charge on any atom is 0.323 e. The van der Waals surface area contributed by atoms with E-state index < -0.39 is 11.5 Å². The lowest BCUT2D eigenvalue weighted by atomic mass is 9.96. The van der Waals surface area contributed by atoms with Gasteiger partial charge in [0, 0.05) is 26.1 Å². The maximum atomic E-state index is 11.2. The normalized spacial score (nSPS) is 22.7. The molecule has 0 aliphatic carbocycles. The molecule has 0 saturated carbocycles. The third kappa shape index (κ3) is 2.47. The first-order chi connectivity index (χ1) is 7.00. The summed E-state index contributed by atoms with van der Waals surface area (Å²) >= 11 is 0. The van der Waals surface area contributed by atoms with Crippen molar-refractivity contribution in [2.75, 3.05) is 19.6 Å². The third-order valence-electron chi connectivity index (χ3n) is 3.16. The Hall–Kier alpha value is -1.10. The van der Waals surface area contributed by atoms with Gasteiger partial charge in [-0.3, -0.25) is 14.5 Å². The molecule has 15 heavy (non-hydrogen) atoms. The summed E-state index contributed by atoms with van der Waals surface area (Å²) in [4.78, 5) is 24.2. The van der Waals surface area contributed by atoms with Gasteiger partial charge < -0.3 is 10.4 Å². The Morgan fingerprint density at radius 1 is 1.60 bits per heavy atom. The monoisotopic (exact) mass is 214 g/mol. The van der Waals surface area contributed by atoms with Crippen LogP contribution in [-0.4, -0.2) is 47.1 Å². The lowest BCUT2D eigenvalue weighted by Gasteiger charge is -2.36. The van der Waals surface area contributed by atoms with E-state index in [1.807, 2.05) is 11.8 Å². The van der Waals surface area contributed by atoms with Gasteiger partial charge in [0.2, 0.25) is 5.91 Å². The Bertz CT molecular complexity index is 267. The number of aliphatic carboxylic acids is 1. The van der Waals surface area contributed by atoms with Crippen LogP contribution in [0.15, 0.2) is 0 Å². The molecule has 1 aliphatic heterocycles. The quantitative estimate of drug-likeness (QED) is 0.697. The zero-order valence-electron chi connectivity index (χ0n) is 9.25. The minimum atomic E-state index is -0.855. The van der Waals surface area contributed by atoms with Crippen molar-refractivity contribution < 1.29 is 14.7 Å². The molecule has 0 aromatic carbocycles. The molecular formula is C10H18N2O3. The van der Waals surface area contributed by atoms with Gasteiger partial charge in [-0.15, -0.1) is 0 Å². The standard InChI is InChI=1S/C10H18N2O3/c1-3-10(2,9(14)15)12-6-4-8(13)11-5-7-12/h3-7H2,1-2H3,(H,11,13)(H,14,15). The van der Waals surface area contributed by atoms with E-state index in [1.165, 1.54) is 0 Å². The molecule has 5 nitrogen and oxygen atoms in total. The summed E-state index contributed by atoms with van der Waals surface area (Å²) in [6.07, 6.45) is 0.916. The molecule has 1 saturated heterocycles. The van der Waals surface area contributed by atoms with Gasteiger partial charge in [0.15, 0.2) is 0 Å². The third-order valence-corrected chi connectivity index (χ3v) is 3.16. The number of nitrogens with zero attached hydrogens (tertiary/aromatic N) is 1. The summed E-state index contributed by atoms with van der Waals surface area (Å²) in [6.45, 7) is 5.21. The van der Waals surface area contributed by atoms with Crippen LogP contribution in [-0.2, 0) is 9.59 Å². The van der Waals surface area contributed by atoms with Gasteiger partial charge >= 0.3 is 5.97 Å². The summed E-state index contributed by atoms with van der Waals surface area (Å²) < 4.78 is 0. The number of amides is 1. The molecule has 0 spiro atoms. The highest BCUT2D eigenvalue weighted by Crippen LogP contribution is 2.20. The summed E-state index contributed by atoms with van der Waals surface area (Å²) in [5.74, 6) is -0.819. The molecule has 1 unspecified atom stereocenters. The average Bonchev–Trinajstić information content (AvgIpc) is 2.41. The molecule has 0 aromatic rings. The van der Waals surface area contributed by atoms with Crippen molar-refractivity contribution >= 4 is 11.9 Å². The largest absolute Gasteiger partial charge is 0.480 e. The van der Waals surface area contributed by atoms with Crippen LogP contribution < -0.4 is 5.32 Å². The van der Waals surface area contributed by atoms with Crippen molar-refractivity contribution in [1.29, 1.82) is 0 Å². The predicted molar refractivity (Wildman–Crippen MR) is 55.5 cm³/mol. The molecule has 2 N–H and O–H groups in total. The summed E-state index contributed by atoms with van der Waals surface area (Å²) in [5.41, 5.74) is -0.855. The molecule has 0 aromatic heterocycles. The lowest BCUT2D eigenvalue weighted by Crippen LogP contribution is -2.53. The average molecular weight is 214 g/mol. The number of rotatable bonds is 3. The highest BCUT2D eigenvalue weighted by Gasteiger charge is 2.38. The van der Waals surface area contributed by atoms with Crippen molar-refractivity contribution in [3.8, 4) is 0 Å². The van der Waals surface area contributed by atoms with Crippen LogP contribution in [0.5, 0.6) is 0 Å². The van der Waals surface area contributed by atoms with Crippen molar-refractivity contribution in [2.24, 2.45) is 0 Å². The fourth-order valence-corrected chi connectivity index (χ4v) is 1.77. The first-order valence-electron chi connectivity index (χ1n) is 5.26. The fraction of sp³-hybridized carbons (Fsp3) is 0.800. The molecule has 1 amide bonds. The molecule has 1 rings (SSSR count). The van der Waals surface area contributed by atoms with E-state index in [0.717, 1.165) is 0 Å². The number of nitrogens with one attached hydrogen (secondary N) is 1. The molecule has 0 radical (unpaired) electrons. The number of carbonyl (C=O) groups excluding carboxylic acids is 1. The molecular weight excluding hydrogens is 196 g/mol. The Balaban J connectivity index is 2.76. The maximum absolute atomic E-state index is 11.2. The Kier molecular flexibility index (Phi) is 3.68. The number of carboxylic acid groups (broad SMARTS) is 1. The molecule has 1 heterocycles. The predicted octanol–water partition coefficient (Wildman–Crippen LogP) is 0.0616. The zero-order chi connectivity index (χ0) is 11.5. The van der Waals surface area contributed by atoms with Crippen LogP contribution in [0.1, 0.15) is 26.7 Å². The summed E-state index contributed by atoms with van der Waals surface area (Å²) in [5, 5.41) is 11.9. The van der Waals surface area contributed by atoms with E-state index in [4.69, 9.17) is 0 Å². The van der Waals surface area contributed by atoms with E-state index in [2.05, 4.69) is 5.32 Å². The number of hydrogen-bond acceptors (Lipinski definition) is 3. The van der Waals surface area contributed by atoms with E-state index in [1.54, 1.807) is 6.92 Å². The van der Waals surface area contributed by atoms with E-state index >= 15 is 0 Å². The van der Waals surface area contributed by atoms with Crippen LogP contribution >= 0.6 is 0 Å². The Morgan fingerprint density at radius 3 is 2.80 bits per heavy atom. The summed E-state index contributed by atoms with van der Waals surface area (Å²) in [6, 6.07) is 0. The highest BCUT2D eigenvalue weighted by molar-refractivity contribution is 5.79. The minimum Gasteiger partial charge on any atom is -0.480 e. The lowest BCUT2D eigenvalue weighted by molar-refractivity contribution is -0.150. The highest BCUT2D eigenvalue weighted by atomic mass is 16.4. The van der Waals surface area contributed by atoms with Crippen molar-refractivity contribution in [1.82, 2.24) is 10.2 Å². The van der Waals surface area contributed by atoms with E-state index in [0.29, 0.717) is 32.5 Å². The summed E-state index contributed by atoms with van der Waals surface area (Å²) in [7, 11) is 0. The van der Waals surface area contributed by atoms with Crippen LogP contribution in [0.3, 0.4) is 0 Å². The van der Waals surface area contributed by atoms with Gasteiger partial charge in [-0.1, -0.05) is 6.92 Å². The number of hydrogen-bond donors (Lipinski definition) is 2. The van der Waals surface area contributed by atoms with Crippen LogP contribution in [0, 0.1) is 0 Å². The number of carbonyl (C=O) groups is 2. The number of carboxylic acids is 1. The SMILES string of the molecule is CCC(C)(C(=O)O)N1CCNC(=O)CC1. The van der Waals surface area contributed by atoms with E-state index in [9.17, 15) is 14.7 Å². The Morgan fingerprint density at radius 2 is 2.27 bits per heavy atom. The van der Waals surface area contributed by atoms with Crippen LogP contribution in [0.4, 0.5) is 0 Å². The van der Waals surface area contributed by atoms with Gasteiger partial charge in [-0.2, -0.15) is 0 Å². The second kappa shape index (κ2) is 4.61. The van der Waals surface area contributed by atoms with Gasteiger partial charge in [0.05, 0.1) is 0 Å². The van der Waals surface area contributed by atoms with Gasteiger partial charge in [0.25, 0.3) is 0 Å². The van der Waals surface area contributed by atoms with Crippen molar-refractivity contribution in [3.05, 3.63) is 0 Å². The fourth-order valence-electron chi connectivity index (χ4n) is 1.77. The van der Waals surface area contributed by atoms with Crippen LogP contribution in [0.25, 0.3) is 0 Å². The zero-order valence-corrected chi connectivity index (χ0v) is 9.25. The molecule has 86 valence electrons. The van der Waals surface area contributed by atoms with Crippen LogP contribution in [0.2, 0.25) is 0 Å². The molecule has 1 aliphatic rings. The van der Waals surface area contributed by atoms with Crippen molar-refractivity contribution in [2.45, 2.75) is 32.2 Å². The smallest absolute Gasteiger partial charge is 0.323 e. The second-order valence-corrected chi connectivity index (χ2v) is 4.02. The van der Waals surface area contributed by atoms with Crippen molar-refractivity contribution in [3.63, 3.8) is 0 Å². The Labute approximate surface area is 89.4 Å². The first-order valence-corrected chi connectivity index (χ1v) is 5.26. The van der Waals surface area contributed by atoms with Gasteiger partial charge in [-0.05, 0) is 13.3 Å². The van der Waals surface area contributed by atoms with Gasteiger partial charge in [0.1, 0.15) is 5.54 Å². The molecule has 1 atom stereocenters. The second-order valence-electron chi connectivity index (χ2n) is 4.02. The molecule has 5 heteroatoms. The van der Waals surface area contributed by atoms with E-state index in [-0.39, 0.29) is 5.91 Å². The minimum absolute atomic E-state index is 0.00124. The molecule has 1 fully saturated rings. The topological polar surface area (TPSA) is 69.6 Å². The molecule has 0 bridgehead atoms. The van der Waals surface area contributed by atoms with Gasteiger partial charge in [-0.25, -0.2) is 0 Å².